The Bertz CT molecular complexity index is 3830. The second kappa shape index (κ2) is 37.0. The molecular weight excluding hydrogens is 1220 g/mol. The molecule has 504 valence electrons. The molecule has 0 saturated heterocycles. The molecule has 6 aromatic rings. The van der Waals surface area contributed by atoms with Gasteiger partial charge in [0.1, 0.15) is 23.9 Å². The average molecular weight is 1320 g/mol. The zero-order chi connectivity index (χ0) is 68.2. The molecule has 3 aromatic heterocycles. The Hall–Kier alpha value is -8.53. The van der Waals surface area contributed by atoms with Crippen LogP contribution in [-0.2, 0) is 63.8 Å². The summed E-state index contributed by atoms with van der Waals surface area (Å²) in [5.74, 6) is 20.4. The van der Waals surface area contributed by atoms with E-state index in [2.05, 4.69) is 85.5 Å². The molecule has 1 amide bonds. The van der Waals surface area contributed by atoms with E-state index in [4.69, 9.17) is 39.4 Å². The smallest absolute Gasteiger partial charge is 0.317 e. The third kappa shape index (κ3) is 27.8. The number of carboxylic acids is 1. The number of amides is 1. The van der Waals surface area contributed by atoms with Gasteiger partial charge in [-0.25, -0.2) is 0 Å². The fourth-order valence-electron chi connectivity index (χ4n) is 10.7. The highest BCUT2D eigenvalue weighted by Gasteiger charge is 2.21. The van der Waals surface area contributed by atoms with Crippen molar-refractivity contribution in [3.05, 3.63) is 177 Å². The molecule has 0 aliphatic carbocycles. The number of rotatable bonds is 28. The maximum absolute atomic E-state index is 12.8. The van der Waals surface area contributed by atoms with E-state index in [-0.39, 0.29) is 50.3 Å². The standard InChI is InChI=1S/C74H92N10O10S/c1-8-11-36-83(4,5)37-12-15-69(85)55-93-71-30-24-58(25-31-71)18-21-62-45-66-51-81(10-3)49-64-43-60(19-17-59-26-32-72(33-27-59)94-56-73(86)76-35-39-84(6,7)38-14-41-95(89,90)91)42-63(77-64)48-80(9-2)50-65-44-61(20-16-57-22-28-70(29-23-57)92-40-13-34-75)46-67(78-65)52-82(54-74(87)88)53-68(47-62)79-66/h22-33,42-47H,8-15,34-41,48-56,75H2,1-7H3,(H-2,76,86,87,88,89,90,91)/p+2. The van der Waals surface area contributed by atoms with Crippen LogP contribution < -0.4 is 25.3 Å². The molecule has 21 heteroatoms. The number of carbonyl (C=O) groups is 3. The van der Waals surface area contributed by atoms with Crippen molar-refractivity contribution >= 4 is 27.8 Å². The number of carbonyl (C=O) groups excluding carboxylic acids is 2. The molecule has 0 spiro atoms. The van der Waals surface area contributed by atoms with E-state index in [1.165, 1.54) is 0 Å². The minimum Gasteiger partial charge on any atom is -0.494 e. The second-order valence-electron chi connectivity index (χ2n) is 25.3. The van der Waals surface area contributed by atoms with Crippen molar-refractivity contribution in [1.29, 1.82) is 0 Å². The third-order valence-electron chi connectivity index (χ3n) is 15.9. The molecule has 1 aliphatic rings. The molecule has 20 nitrogen and oxygen atoms in total. The Morgan fingerprint density at radius 3 is 1.31 bits per heavy atom. The van der Waals surface area contributed by atoms with Gasteiger partial charge in [-0.1, -0.05) is 62.7 Å². The van der Waals surface area contributed by atoms with Crippen LogP contribution in [-0.4, -0.2) is 187 Å². The van der Waals surface area contributed by atoms with Crippen LogP contribution in [0.4, 0.5) is 0 Å². The molecule has 6 bridgehead atoms. The normalized spacial score (nSPS) is 13.3. The fourth-order valence-corrected chi connectivity index (χ4v) is 11.2. The van der Waals surface area contributed by atoms with Gasteiger partial charge in [0.15, 0.2) is 12.4 Å². The number of benzene rings is 3. The Morgan fingerprint density at radius 2 is 0.905 bits per heavy atom. The van der Waals surface area contributed by atoms with E-state index in [9.17, 15) is 27.9 Å². The van der Waals surface area contributed by atoms with Crippen molar-refractivity contribution < 1.29 is 55.6 Å². The number of aliphatic carboxylic acids is 1. The quantitative estimate of drug-likeness (QED) is 0.0159. The highest BCUT2D eigenvalue weighted by Crippen LogP contribution is 2.21. The molecule has 0 atom stereocenters. The summed E-state index contributed by atoms with van der Waals surface area (Å²) in [6.45, 7) is 13.9. The summed E-state index contributed by atoms with van der Waals surface area (Å²) in [6.07, 6.45) is 4.65. The lowest BCUT2D eigenvalue weighted by molar-refractivity contribution is -0.890. The first kappa shape index (κ1) is 73.9. The summed E-state index contributed by atoms with van der Waals surface area (Å²) in [7, 11) is 4.26. The number of carboxylic acid groups (broad SMARTS) is 1. The first-order chi connectivity index (χ1) is 45.5. The number of fused-ring (bicyclic) bond motifs is 6. The maximum Gasteiger partial charge on any atom is 0.317 e. The molecule has 0 saturated carbocycles. The van der Waals surface area contributed by atoms with E-state index < -0.39 is 16.1 Å². The first-order valence-corrected chi connectivity index (χ1v) is 34.3. The minimum atomic E-state index is -4.03. The molecule has 0 fully saturated rings. The number of hydrogen-bond acceptors (Lipinski definition) is 15. The van der Waals surface area contributed by atoms with Gasteiger partial charge >= 0.3 is 5.97 Å². The van der Waals surface area contributed by atoms with Gasteiger partial charge in [0.2, 0.25) is 0 Å². The van der Waals surface area contributed by atoms with Crippen LogP contribution in [0.5, 0.6) is 17.2 Å². The number of nitrogens with two attached hydrogens (primary N) is 1. The number of quaternary nitrogens is 2. The van der Waals surface area contributed by atoms with Crippen LogP contribution in [0.1, 0.15) is 127 Å². The van der Waals surface area contributed by atoms with Crippen LogP contribution in [0.3, 0.4) is 0 Å². The average Bonchev–Trinajstić information content (AvgIpc) is 1.11. The first-order valence-electron chi connectivity index (χ1n) is 32.7. The summed E-state index contributed by atoms with van der Waals surface area (Å²) in [5.41, 5.74) is 14.5. The molecule has 5 N–H and O–H groups in total. The van der Waals surface area contributed by atoms with E-state index in [1.807, 2.05) is 116 Å². The van der Waals surface area contributed by atoms with Gasteiger partial charge in [-0.15, -0.1) is 0 Å². The third-order valence-corrected chi connectivity index (χ3v) is 16.7. The lowest BCUT2D eigenvalue weighted by Gasteiger charge is -2.29. The summed E-state index contributed by atoms with van der Waals surface area (Å²) in [5, 5.41) is 13.2. The van der Waals surface area contributed by atoms with Crippen LogP contribution in [0.25, 0.3) is 0 Å². The van der Waals surface area contributed by atoms with Crippen molar-refractivity contribution in [3.8, 4) is 52.8 Å². The van der Waals surface area contributed by atoms with E-state index in [0.29, 0.717) is 118 Å². The zero-order valence-electron chi connectivity index (χ0n) is 56.3. The van der Waals surface area contributed by atoms with Gasteiger partial charge in [-0.3, -0.25) is 48.6 Å². The molecule has 95 heavy (non-hydrogen) atoms. The Kier molecular flexibility index (Phi) is 28.7. The molecule has 0 unspecified atom stereocenters. The molecule has 3 aromatic carbocycles. The van der Waals surface area contributed by atoms with E-state index >= 15 is 0 Å². The van der Waals surface area contributed by atoms with Gasteiger partial charge in [-0.2, -0.15) is 8.42 Å². The maximum atomic E-state index is 12.8. The predicted octanol–water partition coefficient (Wildman–Crippen LogP) is 7.70. The van der Waals surface area contributed by atoms with Gasteiger partial charge in [0, 0.05) is 91.9 Å². The van der Waals surface area contributed by atoms with Crippen LogP contribution >= 0.6 is 0 Å². The van der Waals surface area contributed by atoms with E-state index in [1.54, 1.807) is 12.1 Å². The minimum absolute atomic E-state index is 0.00761. The van der Waals surface area contributed by atoms with Crippen molar-refractivity contribution in [3.63, 3.8) is 0 Å². The molecule has 0 radical (unpaired) electrons. The molecule has 4 heterocycles. The van der Waals surface area contributed by atoms with Crippen molar-refractivity contribution in [2.75, 3.05) is 113 Å². The number of pyridine rings is 3. The Balaban J connectivity index is 1.16. The Morgan fingerprint density at radius 1 is 0.526 bits per heavy atom. The molecule has 1 aliphatic heterocycles. The number of ether oxygens (including phenoxy) is 3. The largest absolute Gasteiger partial charge is 0.494 e. The summed E-state index contributed by atoms with van der Waals surface area (Å²) < 4.78 is 50.3. The number of unbranched alkanes of at least 4 members (excludes halogenated alkanes) is 1. The van der Waals surface area contributed by atoms with Gasteiger partial charge in [0.05, 0.1) is 114 Å². The monoisotopic (exact) mass is 1310 g/mol. The number of nitrogens with zero attached hydrogens (tertiary/aromatic N) is 8. The topological polar surface area (TPSA) is 240 Å². The highest BCUT2D eigenvalue weighted by molar-refractivity contribution is 7.85. The van der Waals surface area contributed by atoms with Crippen LogP contribution in [0.15, 0.2) is 109 Å². The van der Waals surface area contributed by atoms with Crippen molar-refractivity contribution in [2.45, 2.75) is 98.6 Å². The van der Waals surface area contributed by atoms with Gasteiger partial charge < -0.3 is 39.3 Å². The lowest BCUT2D eigenvalue weighted by Crippen LogP contribution is -2.46. The number of nitrogens with one attached hydrogen (secondary N) is 1. The lowest BCUT2D eigenvalue weighted by atomic mass is 10.1. The molecule has 7 rings (SSSR count). The number of hydrogen-bond donors (Lipinski definition) is 4. The second-order valence-corrected chi connectivity index (χ2v) is 26.9. The van der Waals surface area contributed by atoms with Crippen LogP contribution in [0.2, 0.25) is 0 Å². The summed E-state index contributed by atoms with van der Waals surface area (Å²) in [4.78, 5) is 60.1. The highest BCUT2D eigenvalue weighted by atomic mass is 32.2. The summed E-state index contributed by atoms with van der Waals surface area (Å²) in [6, 6.07) is 34.0. The zero-order valence-corrected chi connectivity index (χ0v) is 57.1. The van der Waals surface area contributed by atoms with Crippen molar-refractivity contribution in [1.82, 2.24) is 35.0 Å². The fraction of sp³-hybridized carbons (Fsp3) is 0.432. The molecular formula is C74H94N10O10S+2. The SMILES string of the molecule is CCCC[N+](C)(C)CCCC(=O)COc1ccc(C#Cc2cc3nc(c2)CN(CC(=O)O)Cc2cc(C#Cc4ccc(OCCCN)cc4)cc(n2)CN(CC)Cc2cc(C#Cc4ccc(OCC(=O)NCC[N+](C)(C)CCCS(=O)(=O)O)cc4)cc(n2)CN(CC)C3)cc1. The number of ketones is 1. The van der Waals surface area contributed by atoms with E-state index in [0.717, 1.165) is 99.6 Å². The number of Topliss-reactive ketones (excluding diaryl/α,β-unsaturated/α-hetero) is 1. The van der Waals surface area contributed by atoms with Gasteiger partial charge in [-0.05, 0) is 142 Å². The summed E-state index contributed by atoms with van der Waals surface area (Å²) >= 11 is 0. The predicted molar refractivity (Wildman–Crippen MR) is 368 cm³/mol. The Labute approximate surface area is 562 Å². The van der Waals surface area contributed by atoms with Gasteiger partial charge in [0.25, 0.3) is 16.0 Å². The van der Waals surface area contributed by atoms with Crippen molar-refractivity contribution in [2.24, 2.45) is 5.73 Å². The van der Waals surface area contributed by atoms with Crippen LogP contribution in [0, 0.1) is 35.5 Å². The number of likely N-dealkylation sites (N-methyl/N-ethyl adjacent to an activating group) is 1. The number of aromatic nitrogens is 3.